The predicted octanol–water partition coefficient (Wildman–Crippen LogP) is 5.37. The maximum Gasteiger partial charge on any atom is 0.303 e. The predicted molar refractivity (Wildman–Crippen MR) is 185 cm³/mol. The summed E-state index contributed by atoms with van der Waals surface area (Å²) >= 11 is 0. The minimum Gasteiger partial charge on any atom is -0.456 e. The molecule has 13 heteroatoms. The summed E-state index contributed by atoms with van der Waals surface area (Å²) in [6, 6.07) is 9.58. The third kappa shape index (κ3) is 6.98. The lowest BCUT2D eigenvalue weighted by atomic mass is 9.95. The summed E-state index contributed by atoms with van der Waals surface area (Å²) in [6.07, 6.45) is -0.544. The minimum atomic E-state index is -1.32. The number of hydrogen-bond donors (Lipinski definition) is 3. The number of carbonyl (C=O) groups is 3. The van der Waals surface area contributed by atoms with Gasteiger partial charge in [-0.05, 0) is 106 Å². The fraction of sp³-hybridized carbons (Fsp3) is 0.500. The fourth-order valence-electron chi connectivity index (χ4n) is 8.29. The van der Waals surface area contributed by atoms with Gasteiger partial charge in [0.1, 0.15) is 11.6 Å². The smallest absolute Gasteiger partial charge is 0.303 e. The molecule has 0 amide bonds. The number of benzene rings is 2. The molecule has 7 rings (SSSR count). The Morgan fingerprint density at radius 2 is 1.35 bits per heavy atom. The number of aromatic amines is 1. The van der Waals surface area contributed by atoms with Gasteiger partial charge in [0.2, 0.25) is 0 Å². The van der Waals surface area contributed by atoms with Crippen LogP contribution in [0.15, 0.2) is 36.4 Å². The molecule has 0 radical (unpaired) electrons. The van der Waals surface area contributed by atoms with Crippen molar-refractivity contribution in [1.82, 2.24) is 20.2 Å². The lowest BCUT2D eigenvalue weighted by Crippen LogP contribution is -2.58. The molecule has 3 N–H and O–H groups in total. The molecule has 3 aliphatic rings. The number of halogens is 2. The van der Waals surface area contributed by atoms with Gasteiger partial charge in [0, 0.05) is 49.1 Å². The van der Waals surface area contributed by atoms with E-state index in [1.807, 2.05) is 4.57 Å². The lowest BCUT2D eigenvalue weighted by molar-refractivity contribution is -0.258. The van der Waals surface area contributed by atoms with Crippen LogP contribution in [0.25, 0.3) is 33.2 Å². The van der Waals surface area contributed by atoms with Gasteiger partial charge in [-0.25, -0.2) is 8.78 Å². The molecule has 3 saturated heterocycles. The Labute approximate surface area is 294 Å². The van der Waals surface area contributed by atoms with Gasteiger partial charge < -0.3 is 39.1 Å². The maximum atomic E-state index is 15.4. The van der Waals surface area contributed by atoms with Crippen LogP contribution in [0.5, 0.6) is 0 Å². The van der Waals surface area contributed by atoms with E-state index in [9.17, 15) is 18.8 Å². The van der Waals surface area contributed by atoms with E-state index in [1.165, 1.54) is 45.0 Å². The molecule has 3 aliphatic heterocycles. The van der Waals surface area contributed by atoms with Crippen molar-refractivity contribution in [2.75, 3.05) is 13.1 Å². The number of nitrogens with zero attached hydrogens (tertiary/aromatic N) is 1. The minimum absolute atomic E-state index is 0.132. The molecule has 7 atom stereocenters. The van der Waals surface area contributed by atoms with Crippen LogP contribution in [-0.4, -0.2) is 77.0 Å². The first kappa shape index (κ1) is 35.1. The summed E-state index contributed by atoms with van der Waals surface area (Å²) < 4.78 is 56.0. The number of aromatic nitrogens is 2. The SMILES string of the molecule is CC(=O)O[C@@H]1[C@H](OC(C)=O)[C@H](C)O[C@H](n2c(-c3[nH]c4cc(F)ccc4c3CC3CCCN3)c(C[C@@H]3CCCN3)c3ccc(F)cc32)[C@H]1OC(C)=O. The van der Waals surface area contributed by atoms with E-state index < -0.39 is 54.4 Å². The van der Waals surface area contributed by atoms with Gasteiger partial charge >= 0.3 is 17.9 Å². The standard InChI is InChI=1S/C38H44F2N4O7/c1-19-35(49-20(2)45)36(50-21(3)46)37(51-22(4)47)38(48-19)44-32-16-24(40)10-12-28(32)30(18-26-8-6-14-42-26)34(44)33-29(17-25-7-5-13-41-25)27-11-9-23(39)15-31(27)43-33/h9-12,15-16,19,25-26,35-38,41-43H,5-8,13-14,17-18H2,1-4H3/t19-,25?,26-,35+,36+,37-,38-/m0/s1. The average Bonchev–Trinajstić information content (AvgIpc) is 3.88. The second kappa shape index (κ2) is 14.4. The van der Waals surface area contributed by atoms with Crippen molar-refractivity contribution >= 4 is 39.7 Å². The normalized spacial score (nSPS) is 26.5. The van der Waals surface area contributed by atoms with Crippen molar-refractivity contribution < 1.29 is 42.1 Å². The Morgan fingerprint density at radius 1 is 0.784 bits per heavy atom. The van der Waals surface area contributed by atoms with Gasteiger partial charge in [0.05, 0.1) is 23.0 Å². The highest BCUT2D eigenvalue weighted by atomic mass is 19.1. The first-order chi connectivity index (χ1) is 24.5. The third-order valence-corrected chi connectivity index (χ3v) is 10.3. The van der Waals surface area contributed by atoms with Crippen molar-refractivity contribution in [2.45, 2.75) is 109 Å². The molecule has 11 nitrogen and oxygen atoms in total. The van der Waals surface area contributed by atoms with Crippen molar-refractivity contribution in [2.24, 2.45) is 0 Å². The van der Waals surface area contributed by atoms with Crippen LogP contribution in [0, 0.1) is 11.6 Å². The molecule has 51 heavy (non-hydrogen) atoms. The number of carbonyl (C=O) groups excluding carboxylic acids is 3. The summed E-state index contributed by atoms with van der Waals surface area (Å²) in [6.45, 7) is 7.12. The van der Waals surface area contributed by atoms with Crippen LogP contribution >= 0.6 is 0 Å². The molecule has 3 fully saturated rings. The number of rotatable bonds is 9. The zero-order valence-corrected chi connectivity index (χ0v) is 29.2. The molecule has 0 spiro atoms. The molecule has 0 aliphatic carbocycles. The van der Waals surface area contributed by atoms with E-state index in [-0.39, 0.29) is 17.9 Å². The highest BCUT2D eigenvalue weighted by Crippen LogP contribution is 2.45. The third-order valence-electron chi connectivity index (χ3n) is 10.3. The van der Waals surface area contributed by atoms with Crippen molar-refractivity contribution in [3.8, 4) is 11.4 Å². The molecule has 4 aromatic rings. The number of fused-ring (bicyclic) bond motifs is 2. The van der Waals surface area contributed by atoms with Gasteiger partial charge in [-0.15, -0.1) is 0 Å². The number of hydrogen-bond acceptors (Lipinski definition) is 9. The highest BCUT2D eigenvalue weighted by molar-refractivity contribution is 5.97. The Bertz CT molecular complexity index is 1960. The van der Waals surface area contributed by atoms with Crippen LogP contribution in [0.3, 0.4) is 0 Å². The fourth-order valence-corrected chi connectivity index (χ4v) is 8.29. The molecule has 2 aromatic heterocycles. The van der Waals surface area contributed by atoms with Crippen molar-refractivity contribution in [3.05, 3.63) is 59.2 Å². The quantitative estimate of drug-likeness (QED) is 0.155. The topological polar surface area (TPSA) is 133 Å². The second-order valence-corrected chi connectivity index (χ2v) is 14.0. The number of nitrogens with one attached hydrogen (secondary N) is 3. The van der Waals surface area contributed by atoms with Gasteiger partial charge in [-0.1, -0.05) is 0 Å². The molecular weight excluding hydrogens is 662 g/mol. The Morgan fingerprint density at radius 3 is 1.96 bits per heavy atom. The first-order valence-corrected chi connectivity index (χ1v) is 17.7. The number of esters is 3. The van der Waals surface area contributed by atoms with Crippen LogP contribution < -0.4 is 10.6 Å². The van der Waals surface area contributed by atoms with E-state index in [0.29, 0.717) is 35.3 Å². The van der Waals surface area contributed by atoms with Crippen LogP contribution in [0.4, 0.5) is 8.78 Å². The zero-order valence-electron chi connectivity index (χ0n) is 29.2. The molecule has 0 saturated carbocycles. The van der Waals surface area contributed by atoms with E-state index in [4.69, 9.17) is 18.9 Å². The summed E-state index contributed by atoms with van der Waals surface area (Å²) in [5, 5.41) is 8.80. The van der Waals surface area contributed by atoms with Gasteiger partial charge in [0.15, 0.2) is 24.5 Å². The van der Waals surface area contributed by atoms with E-state index in [1.54, 1.807) is 19.1 Å². The van der Waals surface area contributed by atoms with Crippen molar-refractivity contribution in [3.63, 3.8) is 0 Å². The van der Waals surface area contributed by atoms with Crippen molar-refractivity contribution in [1.29, 1.82) is 0 Å². The van der Waals surface area contributed by atoms with Crippen LogP contribution in [0.2, 0.25) is 0 Å². The van der Waals surface area contributed by atoms with Gasteiger partial charge in [-0.2, -0.15) is 0 Å². The maximum absolute atomic E-state index is 15.4. The highest BCUT2D eigenvalue weighted by Gasteiger charge is 2.52. The molecule has 1 unspecified atom stereocenters. The van der Waals surface area contributed by atoms with E-state index >= 15 is 4.39 Å². The van der Waals surface area contributed by atoms with Crippen LogP contribution in [-0.2, 0) is 46.2 Å². The summed E-state index contributed by atoms with van der Waals surface area (Å²) in [5.74, 6) is -2.88. The summed E-state index contributed by atoms with van der Waals surface area (Å²) in [4.78, 5) is 41.1. The van der Waals surface area contributed by atoms with E-state index in [0.717, 1.165) is 60.7 Å². The monoisotopic (exact) mass is 706 g/mol. The number of H-pyrrole nitrogens is 1. The lowest BCUT2D eigenvalue weighted by Gasteiger charge is -2.44. The summed E-state index contributed by atoms with van der Waals surface area (Å²) in [5.41, 5.74) is 4.30. The molecule has 0 bridgehead atoms. The van der Waals surface area contributed by atoms with Gasteiger partial charge in [-0.3, -0.25) is 14.4 Å². The average molecular weight is 707 g/mol. The molecule has 272 valence electrons. The number of ether oxygens (including phenoxy) is 4. The molecular formula is C38H44F2N4O7. The summed E-state index contributed by atoms with van der Waals surface area (Å²) in [7, 11) is 0. The molecule has 2 aromatic carbocycles. The first-order valence-electron chi connectivity index (χ1n) is 17.7. The van der Waals surface area contributed by atoms with E-state index in [2.05, 4.69) is 15.6 Å². The van der Waals surface area contributed by atoms with Gasteiger partial charge in [0.25, 0.3) is 0 Å². The second-order valence-electron chi connectivity index (χ2n) is 14.0. The zero-order chi connectivity index (χ0) is 36.0. The Balaban J connectivity index is 1.53. The van der Waals surface area contributed by atoms with Crippen LogP contribution in [0.1, 0.15) is 70.7 Å². The Hall–Kier alpha value is -4.33. The molecule has 5 heterocycles. The largest absolute Gasteiger partial charge is 0.456 e. The Kier molecular flexibility index (Phi) is 9.88.